The molecular weight excluding hydrogens is 467 g/mol. The van der Waals surface area contributed by atoms with Crippen molar-refractivity contribution in [3.05, 3.63) is 55.6 Å². The van der Waals surface area contributed by atoms with Crippen LogP contribution in [0.4, 0.5) is 0 Å². The number of rotatable bonds is 7. The van der Waals surface area contributed by atoms with E-state index in [4.69, 9.17) is 21.1 Å². The van der Waals surface area contributed by atoms with Gasteiger partial charge >= 0.3 is 0 Å². The Labute approximate surface area is 171 Å². The molecule has 1 amide bonds. The lowest BCUT2D eigenvalue weighted by atomic mass is 10.1. The van der Waals surface area contributed by atoms with Crippen molar-refractivity contribution in [3.63, 3.8) is 0 Å². The zero-order chi connectivity index (χ0) is 19.1. The van der Waals surface area contributed by atoms with Crippen LogP contribution < -0.4 is 14.9 Å². The topological polar surface area (TPSA) is 59.9 Å². The maximum Gasteiger partial charge on any atom is 0.272 e. The van der Waals surface area contributed by atoms with Gasteiger partial charge in [-0.15, -0.1) is 0 Å². The zero-order valence-electron chi connectivity index (χ0n) is 14.8. The summed E-state index contributed by atoms with van der Waals surface area (Å²) in [4.78, 5) is 12.2. The number of benzene rings is 2. The van der Waals surface area contributed by atoms with Crippen LogP contribution in [0.5, 0.6) is 11.5 Å². The minimum absolute atomic E-state index is 0.364. The van der Waals surface area contributed by atoms with Crippen molar-refractivity contribution >= 4 is 46.3 Å². The second kappa shape index (κ2) is 9.78. The highest BCUT2D eigenvalue weighted by Gasteiger charge is 2.12. The van der Waals surface area contributed by atoms with Gasteiger partial charge in [-0.25, -0.2) is 5.43 Å². The van der Waals surface area contributed by atoms with Gasteiger partial charge in [0.15, 0.2) is 11.5 Å². The summed E-state index contributed by atoms with van der Waals surface area (Å²) in [6.45, 7) is 6.83. The fourth-order valence-corrected chi connectivity index (χ4v) is 3.34. The Morgan fingerprint density at radius 2 is 1.96 bits per heavy atom. The lowest BCUT2D eigenvalue weighted by Gasteiger charge is -2.13. The molecule has 7 heteroatoms. The van der Waals surface area contributed by atoms with Crippen molar-refractivity contribution in [2.75, 3.05) is 13.2 Å². The molecule has 0 aliphatic heterocycles. The summed E-state index contributed by atoms with van der Waals surface area (Å²) in [7, 11) is 0. The molecule has 1 N–H and O–H groups in total. The monoisotopic (exact) mass is 486 g/mol. The van der Waals surface area contributed by atoms with E-state index in [0.29, 0.717) is 35.3 Å². The van der Waals surface area contributed by atoms with Crippen molar-refractivity contribution in [3.8, 4) is 11.5 Å². The van der Waals surface area contributed by atoms with Gasteiger partial charge in [0, 0.05) is 0 Å². The van der Waals surface area contributed by atoms with Crippen LogP contribution in [-0.4, -0.2) is 25.3 Å². The van der Waals surface area contributed by atoms with E-state index in [0.717, 1.165) is 14.7 Å². The summed E-state index contributed by atoms with van der Waals surface area (Å²) >= 11 is 8.28. The van der Waals surface area contributed by atoms with E-state index < -0.39 is 0 Å². The summed E-state index contributed by atoms with van der Waals surface area (Å²) in [6.07, 6.45) is 1.56. The number of hydrazone groups is 1. The van der Waals surface area contributed by atoms with Gasteiger partial charge in [0.2, 0.25) is 0 Å². The van der Waals surface area contributed by atoms with Crippen molar-refractivity contribution < 1.29 is 14.3 Å². The van der Waals surface area contributed by atoms with Gasteiger partial charge in [0.05, 0.1) is 33.6 Å². The van der Waals surface area contributed by atoms with Crippen molar-refractivity contribution in [2.24, 2.45) is 5.10 Å². The number of carbonyl (C=O) groups is 1. The van der Waals surface area contributed by atoms with E-state index in [-0.39, 0.29) is 5.91 Å². The average Bonchev–Trinajstić information content (AvgIpc) is 2.58. The van der Waals surface area contributed by atoms with Crippen LogP contribution in [0.2, 0.25) is 5.02 Å². The molecular formula is C19H20ClIN2O3. The van der Waals surface area contributed by atoms with Crippen molar-refractivity contribution in [1.29, 1.82) is 0 Å². The molecule has 0 saturated carbocycles. The largest absolute Gasteiger partial charge is 0.490 e. The highest BCUT2D eigenvalue weighted by atomic mass is 127. The van der Waals surface area contributed by atoms with Gasteiger partial charge in [0.25, 0.3) is 5.91 Å². The number of hydrogen-bond acceptors (Lipinski definition) is 4. The first kappa shape index (κ1) is 20.5. The van der Waals surface area contributed by atoms with Gasteiger partial charge in [-0.2, -0.15) is 5.10 Å². The maximum atomic E-state index is 12.2. The van der Waals surface area contributed by atoms with Crippen molar-refractivity contribution in [1.82, 2.24) is 5.43 Å². The van der Waals surface area contributed by atoms with Gasteiger partial charge < -0.3 is 9.47 Å². The third-order valence-electron chi connectivity index (χ3n) is 3.37. The number of nitrogens with one attached hydrogen (secondary N) is 1. The fourth-order valence-electron chi connectivity index (χ4n) is 2.24. The Balaban J connectivity index is 2.15. The normalized spacial score (nSPS) is 10.8. The van der Waals surface area contributed by atoms with Crippen LogP contribution in [0.1, 0.15) is 35.3 Å². The second-order valence-corrected chi connectivity index (χ2v) is 6.95. The lowest BCUT2D eigenvalue weighted by molar-refractivity contribution is 0.0955. The van der Waals surface area contributed by atoms with E-state index in [1.807, 2.05) is 39.0 Å². The highest BCUT2D eigenvalue weighted by Crippen LogP contribution is 2.33. The molecule has 0 unspecified atom stereocenters. The van der Waals surface area contributed by atoms with E-state index in [1.165, 1.54) is 0 Å². The molecule has 0 spiro atoms. The standard InChI is InChI=1S/C19H20ClIN2O3/c1-4-25-17-10-13(9-16(21)18(17)26-5-2)11-22-23-19(24)14-7-6-12(3)8-15(14)20/h6-11H,4-5H2,1-3H3,(H,23,24)/b22-11-. The summed E-state index contributed by atoms with van der Waals surface area (Å²) < 4.78 is 12.2. The number of amides is 1. The SMILES string of the molecule is CCOc1cc(/C=N\NC(=O)c2ccc(C)cc2Cl)cc(I)c1OCC. The fraction of sp³-hybridized carbons (Fsp3) is 0.263. The smallest absolute Gasteiger partial charge is 0.272 e. The quantitative estimate of drug-likeness (QED) is 0.347. The van der Waals surface area contributed by atoms with E-state index in [2.05, 4.69) is 33.1 Å². The lowest BCUT2D eigenvalue weighted by Crippen LogP contribution is -2.18. The summed E-state index contributed by atoms with van der Waals surface area (Å²) in [5, 5.41) is 4.41. The third kappa shape index (κ3) is 5.35. The van der Waals surface area contributed by atoms with Crippen LogP contribution in [-0.2, 0) is 0 Å². The van der Waals surface area contributed by atoms with Gasteiger partial charge in [0.1, 0.15) is 0 Å². The minimum Gasteiger partial charge on any atom is -0.490 e. The molecule has 0 saturated heterocycles. The molecule has 0 aromatic heterocycles. The minimum atomic E-state index is -0.364. The summed E-state index contributed by atoms with van der Waals surface area (Å²) in [6, 6.07) is 8.97. The molecule has 2 aromatic carbocycles. The Kier molecular flexibility index (Phi) is 7.71. The molecule has 0 aliphatic rings. The number of carbonyl (C=O) groups excluding carboxylic acids is 1. The number of aryl methyl sites for hydroxylation is 1. The second-order valence-electron chi connectivity index (χ2n) is 5.38. The molecule has 0 bridgehead atoms. The zero-order valence-corrected chi connectivity index (χ0v) is 17.7. The molecule has 2 aromatic rings. The molecule has 2 rings (SSSR count). The van der Waals surface area contributed by atoms with Gasteiger partial charge in [-0.1, -0.05) is 17.7 Å². The number of halogens is 2. The molecule has 0 heterocycles. The summed E-state index contributed by atoms with van der Waals surface area (Å²) in [5.74, 6) is 0.995. The average molecular weight is 487 g/mol. The molecule has 0 radical (unpaired) electrons. The molecule has 0 fully saturated rings. The predicted molar refractivity (Wildman–Crippen MR) is 113 cm³/mol. The molecule has 26 heavy (non-hydrogen) atoms. The molecule has 0 aliphatic carbocycles. The number of nitrogens with zero attached hydrogens (tertiary/aromatic N) is 1. The molecule has 138 valence electrons. The Hall–Kier alpha value is -1.80. The number of ether oxygens (including phenoxy) is 2. The summed E-state index contributed by atoms with van der Waals surface area (Å²) in [5.41, 5.74) is 4.65. The Morgan fingerprint density at radius 3 is 2.62 bits per heavy atom. The van der Waals surface area contributed by atoms with Gasteiger partial charge in [-0.3, -0.25) is 4.79 Å². The highest BCUT2D eigenvalue weighted by molar-refractivity contribution is 14.1. The van der Waals surface area contributed by atoms with Crippen LogP contribution in [0.25, 0.3) is 0 Å². The number of hydrogen-bond donors (Lipinski definition) is 1. The van der Waals surface area contributed by atoms with Crippen LogP contribution >= 0.6 is 34.2 Å². The van der Waals surface area contributed by atoms with E-state index in [1.54, 1.807) is 18.3 Å². The van der Waals surface area contributed by atoms with Gasteiger partial charge in [-0.05, 0) is 78.8 Å². The van der Waals surface area contributed by atoms with Crippen LogP contribution in [0.15, 0.2) is 35.4 Å². The van der Waals surface area contributed by atoms with Crippen LogP contribution in [0, 0.1) is 10.5 Å². The predicted octanol–water partition coefficient (Wildman–Crippen LogP) is 4.81. The Bertz CT molecular complexity index is 825. The van der Waals surface area contributed by atoms with E-state index >= 15 is 0 Å². The third-order valence-corrected chi connectivity index (χ3v) is 4.48. The van der Waals surface area contributed by atoms with E-state index in [9.17, 15) is 4.79 Å². The first-order valence-electron chi connectivity index (χ1n) is 8.15. The molecule has 0 atom stereocenters. The molecule has 5 nitrogen and oxygen atoms in total. The maximum absolute atomic E-state index is 12.2. The van der Waals surface area contributed by atoms with Crippen LogP contribution in [0.3, 0.4) is 0 Å². The first-order valence-corrected chi connectivity index (χ1v) is 9.60. The van der Waals surface area contributed by atoms with Crippen molar-refractivity contribution in [2.45, 2.75) is 20.8 Å². The first-order chi connectivity index (χ1) is 12.5. The Morgan fingerprint density at radius 1 is 1.23 bits per heavy atom.